The topological polar surface area (TPSA) is 76.0 Å². The number of anilines is 1. The molecule has 0 aliphatic heterocycles. The lowest BCUT2D eigenvalue weighted by Gasteiger charge is -2.11. The second-order valence-electron chi connectivity index (χ2n) is 6.99. The molecular formula is C22H24N4O2. The minimum atomic E-state index is -0.211. The van der Waals surface area contributed by atoms with Crippen molar-refractivity contribution in [1.82, 2.24) is 15.1 Å². The number of benzene rings is 2. The van der Waals surface area contributed by atoms with Crippen molar-refractivity contribution in [2.24, 2.45) is 0 Å². The average Bonchev–Trinajstić information content (AvgIpc) is 2.99. The first-order chi connectivity index (χ1) is 13.3. The van der Waals surface area contributed by atoms with E-state index in [-0.39, 0.29) is 11.8 Å². The molecule has 1 aromatic heterocycles. The van der Waals surface area contributed by atoms with Gasteiger partial charge in [-0.15, -0.1) is 0 Å². The normalized spacial score (nSPS) is 10.6. The Morgan fingerprint density at radius 2 is 1.61 bits per heavy atom. The molecule has 2 aromatic carbocycles. The Kier molecular flexibility index (Phi) is 5.59. The SMILES string of the molecule is CC(=O)NCc1ccc(C(=O)Nc2cc(C)nn2-c2cc(C)cc(C)c2)cc1. The van der Waals surface area contributed by atoms with E-state index in [1.54, 1.807) is 16.8 Å². The number of nitrogens with one attached hydrogen (secondary N) is 2. The molecule has 28 heavy (non-hydrogen) atoms. The molecule has 0 saturated heterocycles. The minimum absolute atomic E-state index is 0.0863. The van der Waals surface area contributed by atoms with E-state index in [2.05, 4.69) is 21.8 Å². The molecule has 3 rings (SSSR count). The lowest BCUT2D eigenvalue weighted by molar-refractivity contribution is -0.119. The average molecular weight is 376 g/mol. The molecular weight excluding hydrogens is 352 g/mol. The van der Waals surface area contributed by atoms with Gasteiger partial charge in [-0.25, -0.2) is 4.68 Å². The minimum Gasteiger partial charge on any atom is -0.352 e. The van der Waals surface area contributed by atoms with Gasteiger partial charge in [0.2, 0.25) is 5.91 Å². The standard InChI is InChI=1S/C22H24N4O2/c1-14-9-15(2)11-20(10-14)26-21(12-16(3)25-26)24-22(28)19-7-5-18(6-8-19)13-23-17(4)27/h5-12H,13H2,1-4H3,(H,23,27)(H,24,28). The van der Waals surface area contributed by atoms with Gasteiger partial charge in [0, 0.05) is 25.1 Å². The zero-order chi connectivity index (χ0) is 20.3. The van der Waals surface area contributed by atoms with Crippen molar-refractivity contribution in [2.75, 3.05) is 5.32 Å². The fraction of sp³-hybridized carbons (Fsp3) is 0.227. The number of hydrogen-bond donors (Lipinski definition) is 2. The summed E-state index contributed by atoms with van der Waals surface area (Å²) in [5.74, 6) is 0.322. The summed E-state index contributed by atoms with van der Waals surface area (Å²) >= 11 is 0. The highest BCUT2D eigenvalue weighted by atomic mass is 16.2. The number of hydrogen-bond acceptors (Lipinski definition) is 3. The van der Waals surface area contributed by atoms with Crippen LogP contribution in [-0.2, 0) is 11.3 Å². The van der Waals surface area contributed by atoms with Crippen LogP contribution in [0.15, 0.2) is 48.5 Å². The second kappa shape index (κ2) is 8.08. The molecule has 0 unspecified atom stereocenters. The Balaban J connectivity index is 1.80. The molecule has 0 atom stereocenters. The molecule has 0 bridgehead atoms. The highest BCUT2D eigenvalue weighted by molar-refractivity contribution is 6.04. The van der Waals surface area contributed by atoms with E-state index in [0.717, 1.165) is 28.1 Å². The molecule has 0 fully saturated rings. The Hall–Kier alpha value is -3.41. The summed E-state index contributed by atoms with van der Waals surface area (Å²) in [5.41, 5.74) is 5.47. The summed E-state index contributed by atoms with van der Waals surface area (Å²) in [6.45, 7) is 7.88. The molecule has 3 aromatic rings. The Labute approximate surface area is 164 Å². The van der Waals surface area contributed by atoms with Gasteiger partial charge in [0.25, 0.3) is 5.91 Å². The van der Waals surface area contributed by atoms with E-state index < -0.39 is 0 Å². The Morgan fingerprint density at radius 1 is 0.964 bits per heavy atom. The summed E-state index contributed by atoms with van der Waals surface area (Å²) in [4.78, 5) is 23.7. The van der Waals surface area contributed by atoms with Crippen molar-refractivity contribution in [1.29, 1.82) is 0 Å². The predicted molar refractivity (Wildman–Crippen MR) is 110 cm³/mol. The zero-order valence-electron chi connectivity index (χ0n) is 16.5. The number of carbonyl (C=O) groups is 2. The first kappa shape index (κ1) is 19.4. The maximum Gasteiger partial charge on any atom is 0.256 e. The smallest absolute Gasteiger partial charge is 0.256 e. The van der Waals surface area contributed by atoms with Crippen molar-refractivity contribution >= 4 is 17.6 Å². The molecule has 2 N–H and O–H groups in total. The van der Waals surface area contributed by atoms with Crippen molar-refractivity contribution in [3.8, 4) is 5.69 Å². The third-order valence-electron chi connectivity index (χ3n) is 4.28. The molecule has 6 nitrogen and oxygen atoms in total. The summed E-state index contributed by atoms with van der Waals surface area (Å²) in [5, 5.41) is 10.2. The highest BCUT2D eigenvalue weighted by Crippen LogP contribution is 2.20. The zero-order valence-corrected chi connectivity index (χ0v) is 16.5. The van der Waals surface area contributed by atoms with Crippen molar-refractivity contribution in [3.63, 3.8) is 0 Å². The van der Waals surface area contributed by atoms with Gasteiger partial charge in [-0.2, -0.15) is 5.10 Å². The number of nitrogens with zero attached hydrogens (tertiary/aromatic N) is 2. The van der Waals surface area contributed by atoms with Gasteiger partial charge in [0.1, 0.15) is 5.82 Å². The Morgan fingerprint density at radius 3 is 2.21 bits per heavy atom. The van der Waals surface area contributed by atoms with E-state index in [4.69, 9.17) is 0 Å². The van der Waals surface area contributed by atoms with Crippen LogP contribution >= 0.6 is 0 Å². The van der Waals surface area contributed by atoms with Gasteiger partial charge in [0.15, 0.2) is 0 Å². The molecule has 0 aliphatic rings. The van der Waals surface area contributed by atoms with E-state index in [9.17, 15) is 9.59 Å². The number of aryl methyl sites for hydroxylation is 3. The van der Waals surface area contributed by atoms with Crippen molar-refractivity contribution in [3.05, 3.63) is 76.5 Å². The lowest BCUT2D eigenvalue weighted by Crippen LogP contribution is -2.19. The molecule has 0 saturated carbocycles. The van der Waals surface area contributed by atoms with Crippen LogP contribution in [0.3, 0.4) is 0 Å². The van der Waals surface area contributed by atoms with Crippen LogP contribution in [0.25, 0.3) is 5.69 Å². The van der Waals surface area contributed by atoms with Crippen LogP contribution in [0, 0.1) is 20.8 Å². The van der Waals surface area contributed by atoms with Gasteiger partial charge in [-0.3, -0.25) is 9.59 Å². The molecule has 0 spiro atoms. The van der Waals surface area contributed by atoms with Crippen molar-refractivity contribution < 1.29 is 9.59 Å². The number of amides is 2. The van der Waals surface area contributed by atoms with Gasteiger partial charge in [-0.05, 0) is 61.7 Å². The summed E-state index contributed by atoms with van der Waals surface area (Å²) in [6.07, 6.45) is 0. The van der Waals surface area contributed by atoms with E-state index in [1.165, 1.54) is 6.92 Å². The van der Waals surface area contributed by atoms with Crippen LogP contribution in [-0.4, -0.2) is 21.6 Å². The molecule has 0 aliphatic carbocycles. The monoisotopic (exact) mass is 376 g/mol. The van der Waals surface area contributed by atoms with Crippen molar-refractivity contribution in [2.45, 2.75) is 34.2 Å². The maximum absolute atomic E-state index is 12.7. The molecule has 0 radical (unpaired) electrons. The van der Waals surface area contributed by atoms with Gasteiger partial charge in [-0.1, -0.05) is 18.2 Å². The summed E-state index contributed by atoms with van der Waals surface area (Å²) in [6, 6.07) is 15.2. The first-order valence-electron chi connectivity index (χ1n) is 9.12. The summed E-state index contributed by atoms with van der Waals surface area (Å²) < 4.78 is 1.75. The summed E-state index contributed by atoms with van der Waals surface area (Å²) in [7, 11) is 0. The van der Waals surface area contributed by atoms with E-state index >= 15 is 0 Å². The van der Waals surface area contributed by atoms with Crippen LogP contribution in [0.2, 0.25) is 0 Å². The van der Waals surface area contributed by atoms with Crippen LogP contribution in [0.5, 0.6) is 0 Å². The second-order valence-corrected chi connectivity index (χ2v) is 6.99. The number of rotatable bonds is 5. The quantitative estimate of drug-likeness (QED) is 0.713. The van der Waals surface area contributed by atoms with Crippen LogP contribution < -0.4 is 10.6 Å². The van der Waals surface area contributed by atoms with Gasteiger partial charge < -0.3 is 10.6 Å². The third kappa shape index (κ3) is 4.65. The molecule has 144 valence electrons. The van der Waals surface area contributed by atoms with E-state index in [1.807, 2.05) is 51.1 Å². The fourth-order valence-electron chi connectivity index (χ4n) is 3.05. The first-order valence-corrected chi connectivity index (χ1v) is 9.12. The third-order valence-corrected chi connectivity index (χ3v) is 4.28. The van der Waals surface area contributed by atoms with Gasteiger partial charge in [0.05, 0.1) is 11.4 Å². The van der Waals surface area contributed by atoms with Crippen LogP contribution in [0.1, 0.15) is 39.7 Å². The molecule has 2 amide bonds. The van der Waals surface area contributed by atoms with E-state index in [0.29, 0.717) is 17.9 Å². The Bertz CT molecular complexity index is 999. The maximum atomic E-state index is 12.7. The van der Waals surface area contributed by atoms with Crippen LogP contribution in [0.4, 0.5) is 5.82 Å². The van der Waals surface area contributed by atoms with Gasteiger partial charge >= 0.3 is 0 Å². The largest absolute Gasteiger partial charge is 0.352 e. The molecule has 1 heterocycles. The highest BCUT2D eigenvalue weighted by Gasteiger charge is 2.13. The predicted octanol–water partition coefficient (Wildman–Crippen LogP) is 3.69. The number of aromatic nitrogens is 2. The lowest BCUT2D eigenvalue weighted by atomic mass is 10.1. The molecule has 6 heteroatoms. The number of carbonyl (C=O) groups excluding carboxylic acids is 2. The fourth-order valence-corrected chi connectivity index (χ4v) is 3.05.